The third-order valence-electron chi connectivity index (χ3n) is 5.54. The van der Waals surface area contributed by atoms with E-state index in [-0.39, 0.29) is 11.2 Å². The summed E-state index contributed by atoms with van der Waals surface area (Å²) in [6.07, 6.45) is 2.93. The minimum Gasteiger partial charge on any atom is -0.375 e. The average molecular weight is 416 g/mol. The maximum Gasteiger partial charge on any atom is 0.198 e. The Morgan fingerprint density at radius 3 is 2.59 bits per heavy atom. The van der Waals surface area contributed by atoms with E-state index in [9.17, 15) is 4.79 Å². The third kappa shape index (κ3) is 3.74. The summed E-state index contributed by atoms with van der Waals surface area (Å²) < 4.78 is 17.1. The first-order valence-electron chi connectivity index (χ1n) is 10.1. The molecule has 0 saturated carbocycles. The molecular formula is C21H26FN5OS. The van der Waals surface area contributed by atoms with E-state index < -0.39 is 0 Å². The van der Waals surface area contributed by atoms with Crippen molar-refractivity contribution >= 4 is 33.1 Å². The molecule has 2 aromatic heterocycles. The zero-order valence-corrected chi connectivity index (χ0v) is 17.6. The van der Waals surface area contributed by atoms with Crippen molar-refractivity contribution in [1.82, 2.24) is 14.5 Å². The molecule has 1 fully saturated rings. The van der Waals surface area contributed by atoms with Gasteiger partial charge in [-0.05, 0) is 32.0 Å². The number of hydrogen-bond donors (Lipinski definition) is 1. The summed E-state index contributed by atoms with van der Waals surface area (Å²) in [4.78, 5) is 21.8. The normalized spacial score (nSPS) is 15.3. The highest BCUT2D eigenvalue weighted by Crippen LogP contribution is 2.28. The smallest absolute Gasteiger partial charge is 0.198 e. The lowest BCUT2D eigenvalue weighted by atomic mass is 10.1. The van der Waals surface area contributed by atoms with Crippen LogP contribution in [0.25, 0.3) is 22.2 Å². The summed E-state index contributed by atoms with van der Waals surface area (Å²) in [5.41, 5.74) is 7.83. The van der Waals surface area contributed by atoms with Crippen molar-refractivity contribution in [3.05, 3.63) is 39.8 Å². The minimum atomic E-state index is -0.351. The number of thiazole rings is 1. The van der Waals surface area contributed by atoms with Gasteiger partial charge < -0.3 is 15.2 Å². The van der Waals surface area contributed by atoms with E-state index in [1.807, 2.05) is 17.6 Å². The van der Waals surface area contributed by atoms with Crippen LogP contribution in [0.5, 0.6) is 0 Å². The minimum absolute atomic E-state index is 0.215. The Morgan fingerprint density at radius 2 is 1.97 bits per heavy atom. The molecule has 1 saturated heterocycles. The molecule has 0 radical (unpaired) electrons. The molecule has 29 heavy (non-hydrogen) atoms. The summed E-state index contributed by atoms with van der Waals surface area (Å²) in [6, 6.07) is 3.21. The second-order valence-corrected chi connectivity index (χ2v) is 8.27. The van der Waals surface area contributed by atoms with Crippen LogP contribution in [0.15, 0.2) is 28.5 Å². The van der Waals surface area contributed by atoms with Crippen molar-refractivity contribution in [2.24, 2.45) is 0 Å². The molecule has 8 heteroatoms. The number of anilines is 2. The number of pyridine rings is 1. The molecule has 0 aliphatic carbocycles. The number of nitrogen functional groups attached to an aromatic ring is 1. The molecule has 1 aromatic carbocycles. The van der Waals surface area contributed by atoms with Crippen LogP contribution in [0.4, 0.5) is 15.2 Å². The number of halogens is 1. The monoisotopic (exact) mass is 415 g/mol. The molecule has 6 nitrogen and oxygen atoms in total. The van der Waals surface area contributed by atoms with Gasteiger partial charge in [-0.3, -0.25) is 9.69 Å². The van der Waals surface area contributed by atoms with Crippen molar-refractivity contribution in [3.63, 3.8) is 0 Å². The van der Waals surface area contributed by atoms with Crippen LogP contribution in [0.1, 0.15) is 20.3 Å². The Bertz CT molecular complexity index is 1080. The highest BCUT2D eigenvalue weighted by molar-refractivity contribution is 7.13. The van der Waals surface area contributed by atoms with Crippen LogP contribution in [-0.4, -0.2) is 47.2 Å². The van der Waals surface area contributed by atoms with Crippen LogP contribution in [0.3, 0.4) is 0 Å². The van der Waals surface area contributed by atoms with Gasteiger partial charge in [0.15, 0.2) is 10.6 Å². The van der Waals surface area contributed by atoms with Crippen molar-refractivity contribution < 1.29 is 4.39 Å². The van der Waals surface area contributed by atoms with E-state index in [2.05, 4.69) is 21.7 Å². The highest BCUT2D eigenvalue weighted by Gasteiger charge is 2.21. The van der Waals surface area contributed by atoms with Gasteiger partial charge in [0.2, 0.25) is 0 Å². The molecule has 0 atom stereocenters. The average Bonchev–Trinajstić information content (AvgIpc) is 3.15. The third-order valence-corrected chi connectivity index (χ3v) is 6.21. The number of aryl methyl sites for hydroxylation is 1. The number of benzene rings is 1. The first kappa shape index (κ1) is 19.8. The fraction of sp³-hybridized carbons (Fsp3) is 0.429. The lowest BCUT2D eigenvalue weighted by Gasteiger charge is -2.36. The fourth-order valence-corrected chi connectivity index (χ4v) is 4.59. The second kappa shape index (κ2) is 8.12. The van der Waals surface area contributed by atoms with Crippen molar-refractivity contribution in [2.75, 3.05) is 43.4 Å². The summed E-state index contributed by atoms with van der Waals surface area (Å²) >= 11 is 1.29. The number of aromatic nitrogens is 2. The van der Waals surface area contributed by atoms with Gasteiger partial charge >= 0.3 is 0 Å². The zero-order chi connectivity index (χ0) is 20.5. The molecule has 3 heterocycles. The number of hydrogen-bond acceptors (Lipinski definition) is 6. The van der Waals surface area contributed by atoms with Crippen LogP contribution < -0.4 is 16.1 Å². The quantitative estimate of drug-likeness (QED) is 0.692. The number of rotatable bonds is 5. The molecule has 3 aromatic rings. The molecule has 0 unspecified atom stereocenters. The molecule has 0 amide bonds. The van der Waals surface area contributed by atoms with Gasteiger partial charge in [-0.15, -0.1) is 11.3 Å². The first-order chi connectivity index (χ1) is 14.0. The van der Waals surface area contributed by atoms with E-state index in [0.29, 0.717) is 34.0 Å². The molecule has 0 spiro atoms. The van der Waals surface area contributed by atoms with Crippen LogP contribution in [0, 0.1) is 5.82 Å². The molecule has 0 bridgehead atoms. The molecule has 1 aliphatic rings. The van der Waals surface area contributed by atoms with Crippen LogP contribution >= 0.6 is 11.3 Å². The maximum absolute atomic E-state index is 15.1. The lowest BCUT2D eigenvalue weighted by Crippen LogP contribution is -2.46. The molecule has 2 N–H and O–H groups in total. The first-order valence-corrected chi connectivity index (χ1v) is 10.9. The van der Waals surface area contributed by atoms with Crippen LogP contribution in [-0.2, 0) is 6.54 Å². The van der Waals surface area contributed by atoms with Gasteiger partial charge in [0.1, 0.15) is 5.82 Å². The lowest BCUT2D eigenvalue weighted by molar-refractivity contribution is 0.258. The number of nitrogens with two attached hydrogens (primary N) is 1. The zero-order valence-electron chi connectivity index (χ0n) is 16.8. The molecule has 4 rings (SSSR count). The predicted octanol–water partition coefficient (Wildman–Crippen LogP) is 3.40. The Hall–Kier alpha value is -2.45. The Morgan fingerprint density at radius 1 is 1.21 bits per heavy atom. The Kier molecular flexibility index (Phi) is 5.56. The fourth-order valence-electron chi connectivity index (χ4n) is 4.03. The van der Waals surface area contributed by atoms with Gasteiger partial charge in [-0.2, -0.15) is 0 Å². The highest BCUT2D eigenvalue weighted by atomic mass is 32.1. The summed E-state index contributed by atoms with van der Waals surface area (Å²) in [5.74, 6) is -0.351. The van der Waals surface area contributed by atoms with Crippen molar-refractivity contribution in [3.8, 4) is 11.3 Å². The van der Waals surface area contributed by atoms with E-state index in [1.54, 1.807) is 11.6 Å². The van der Waals surface area contributed by atoms with Gasteiger partial charge in [-0.25, -0.2) is 9.37 Å². The number of fused-ring (bicyclic) bond motifs is 1. The van der Waals surface area contributed by atoms with Crippen molar-refractivity contribution in [2.45, 2.75) is 26.8 Å². The van der Waals surface area contributed by atoms with Gasteiger partial charge in [0, 0.05) is 49.7 Å². The van der Waals surface area contributed by atoms with E-state index in [1.165, 1.54) is 17.4 Å². The summed E-state index contributed by atoms with van der Waals surface area (Å²) in [5, 5.41) is 2.55. The summed E-state index contributed by atoms with van der Waals surface area (Å²) in [6.45, 7) is 9.35. The van der Waals surface area contributed by atoms with Crippen molar-refractivity contribution in [1.29, 1.82) is 0 Å². The van der Waals surface area contributed by atoms with E-state index in [4.69, 9.17) is 5.73 Å². The molecular weight excluding hydrogens is 389 g/mol. The molecule has 1 aliphatic heterocycles. The Labute approximate surface area is 173 Å². The van der Waals surface area contributed by atoms with Gasteiger partial charge in [0.25, 0.3) is 0 Å². The van der Waals surface area contributed by atoms with E-state index >= 15 is 4.39 Å². The second-order valence-electron chi connectivity index (χ2n) is 7.38. The van der Waals surface area contributed by atoms with E-state index in [0.717, 1.165) is 44.7 Å². The number of piperazine rings is 1. The number of nitrogens with zero attached hydrogens (tertiary/aromatic N) is 4. The largest absolute Gasteiger partial charge is 0.375 e. The van der Waals surface area contributed by atoms with Gasteiger partial charge in [-0.1, -0.05) is 6.92 Å². The molecule has 154 valence electrons. The topological polar surface area (TPSA) is 67.4 Å². The SMILES string of the molecule is CCCN1CCN(c2cc3c(cc2F)c(=O)c(-c2csc(N)n2)cn3CC)CC1. The maximum atomic E-state index is 15.1. The standard InChI is InChI=1S/C21H26FN5OS/c1-3-5-25-6-8-27(9-7-25)19-11-18-14(10-16(19)22)20(28)15(12-26(18)4-2)17-13-29-21(23)24-17/h10-13H,3-9H2,1-2H3,(H2,23,24). The Balaban J connectivity index is 1.77. The predicted molar refractivity (Wildman–Crippen MR) is 118 cm³/mol. The van der Waals surface area contributed by atoms with Gasteiger partial charge in [0.05, 0.1) is 22.5 Å². The van der Waals surface area contributed by atoms with Crippen LogP contribution in [0.2, 0.25) is 0 Å². The summed E-state index contributed by atoms with van der Waals surface area (Å²) in [7, 11) is 0.